The maximum absolute atomic E-state index is 9.77. The molecule has 0 aliphatic carbocycles. The van der Waals surface area contributed by atoms with Crippen LogP contribution in [0.5, 0.6) is 0 Å². The Morgan fingerprint density at radius 1 is 1.18 bits per heavy atom. The van der Waals surface area contributed by atoms with Gasteiger partial charge < -0.3 is 9.53 Å². The fourth-order valence-electron chi connectivity index (χ4n) is 2.20. The zero-order chi connectivity index (χ0) is 13.3. The molecule has 0 spiro atoms. The SMILES string of the molecule is C=CCC(CC(O)CC)O[Si](CC)(CC)CC. The lowest BCUT2D eigenvalue weighted by Gasteiger charge is -2.33. The standard InChI is InChI=1S/C14H30O2Si/c1-6-11-14(12-13(15)7-2)16-17(8-3,9-4)10-5/h6,13-15H,1,7-12H2,2-5H3. The van der Waals surface area contributed by atoms with E-state index in [9.17, 15) is 5.11 Å². The second-order valence-corrected chi connectivity index (χ2v) is 9.53. The number of aliphatic hydroxyl groups excluding tert-OH is 1. The van der Waals surface area contributed by atoms with Gasteiger partial charge in [0.2, 0.25) is 0 Å². The largest absolute Gasteiger partial charge is 0.414 e. The van der Waals surface area contributed by atoms with Crippen LogP contribution in [0.3, 0.4) is 0 Å². The second-order valence-electron chi connectivity index (χ2n) is 4.81. The number of rotatable bonds is 10. The first-order valence-electron chi connectivity index (χ1n) is 7.04. The van der Waals surface area contributed by atoms with Crippen molar-refractivity contribution in [3.8, 4) is 0 Å². The highest BCUT2D eigenvalue weighted by Crippen LogP contribution is 2.26. The van der Waals surface area contributed by atoms with E-state index in [2.05, 4.69) is 27.4 Å². The van der Waals surface area contributed by atoms with Gasteiger partial charge in [-0.2, -0.15) is 0 Å². The van der Waals surface area contributed by atoms with E-state index in [1.54, 1.807) is 0 Å². The van der Waals surface area contributed by atoms with Gasteiger partial charge in [-0.1, -0.05) is 33.8 Å². The molecule has 0 aliphatic rings. The van der Waals surface area contributed by atoms with Gasteiger partial charge in [0, 0.05) is 0 Å². The summed E-state index contributed by atoms with van der Waals surface area (Å²) in [7, 11) is -1.56. The van der Waals surface area contributed by atoms with Crippen LogP contribution < -0.4 is 0 Å². The molecule has 1 N–H and O–H groups in total. The molecule has 0 rings (SSSR count). The highest BCUT2D eigenvalue weighted by atomic mass is 28.4. The Bertz CT molecular complexity index is 194. The van der Waals surface area contributed by atoms with Gasteiger partial charge in [-0.05, 0) is 37.4 Å². The lowest BCUT2D eigenvalue weighted by molar-refractivity contribution is 0.0872. The predicted octanol–water partition coefficient (Wildman–Crippen LogP) is 4.11. The van der Waals surface area contributed by atoms with Gasteiger partial charge in [-0.3, -0.25) is 0 Å². The van der Waals surface area contributed by atoms with Crippen molar-refractivity contribution in [2.45, 2.75) is 77.3 Å². The van der Waals surface area contributed by atoms with Crippen LogP contribution in [0.25, 0.3) is 0 Å². The third-order valence-corrected chi connectivity index (χ3v) is 8.48. The van der Waals surface area contributed by atoms with Crippen molar-refractivity contribution in [2.24, 2.45) is 0 Å². The van der Waals surface area contributed by atoms with Gasteiger partial charge in [0.15, 0.2) is 8.32 Å². The van der Waals surface area contributed by atoms with Crippen molar-refractivity contribution in [2.75, 3.05) is 0 Å². The number of hydrogen-bond acceptors (Lipinski definition) is 2. The zero-order valence-electron chi connectivity index (χ0n) is 12.0. The molecule has 0 amide bonds. The van der Waals surface area contributed by atoms with E-state index in [-0.39, 0.29) is 12.2 Å². The monoisotopic (exact) mass is 258 g/mol. The molecular weight excluding hydrogens is 228 g/mol. The summed E-state index contributed by atoms with van der Waals surface area (Å²) in [5, 5.41) is 9.77. The van der Waals surface area contributed by atoms with Crippen LogP contribution >= 0.6 is 0 Å². The molecule has 0 bridgehead atoms. The average Bonchev–Trinajstić information content (AvgIpc) is 2.36. The molecule has 3 heteroatoms. The minimum absolute atomic E-state index is 0.161. The molecule has 0 aliphatic heterocycles. The number of aliphatic hydroxyl groups is 1. The van der Waals surface area contributed by atoms with Gasteiger partial charge in [0.1, 0.15) is 0 Å². The molecule has 0 aromatic heterocycles. The van der Waals surface area contributed by atoms with E-state index < -0.39 is 8.32 Å². The molecule has 0 aromatic rings. The molecule has 2 unspecified atom stereocenters. The lowest BCUT2D eigenvalue weighted by Crippen LogP contribution is -2.40. The third kappa shape index (κ3) is 5.84. The molecule has 0 saturated heterocycles. The summed E-state index contributed by atoms with van der Waals surface area (Å²) >= 11 is 0. The number of hydrogen-bond donors (Lipinski definition) is 1. The normalized spacial score (nSPS) is 15.6. The van der Waals surface area contributed by atoms with Gasteiger partial charge in [0.05, 0.1) is 12.2 Å². The van der Waals surface area contributed by atoms with Crippen molar-refractivity contribution in [1.29, 1.82) is 0 Å². The Labute approximate surface area is 108 Å². The molecule has 2 atom stereocenters. The molecule has 17 heavy (non-hydrogen) atoms. The molecule has 0 heterocycles. The van der Waals surface area contributed by atoms with Crippen LogP contribution in [0.4, 0.5) is 0 Å². The topological polar surface area (TPSA) is 29.5 Å². The Kier molecular flexibility index (Phi) is 8.83. The van der Waals surface area contributed by atoms with E-state index in [1.165, 1.54) is 0 Å². The first kappa shape index (κ1) is 16.9. The Morgan fingerprint density at radius 3 is 2.06 bits per heavy atom. The molecule has 0 aromatic carbocycles. The second kappa shape index (κ2) is 8.89. The van der Waals surface area contributed by atoms with Gasteiger partial charge in [-0.15, -0.1) is 6.58 Å². The van der Waals surface area contributed by atoms with Gasteiger partial charge in [0.25, 0.3) is 0 Å². The van der Waals surface area contributed by atoms with Crippen molar-refractivity contribution in [3.63, 3.8) is 0 Å². The fraction of sp³-hybridized carbons (Fsp3) is 0.857. The first-order valence-corrected chi connectivity index (χ1v) is 9.57. The maximum Gasteiger partial charge on any atom is 0.192 e. The van der Waals surface area contributed by atoms with Crippen LogP contribution in [-0.4, -0.2) is 25.6 Å². The van der Waals surface area contributed by atoms with Crippen LogP contribution in [0.15, 0.2) is 12.7 Å². The molecule has 102 valence electrons. The van der Waals surface area contributed by atoms with E-state index in [0.717, 1.165) is 37.4 Å². The van der Waals surface area contributed by atoms with Crippen LogP contribution in [0.1, 0.15) is 47.0 Å². The zero-order valence-corrected chi connectivity index (χ0v) is 13.0. The summed E-state index contributed by atoms with van der Waals surface area (Å²) in [4.78, 5) is 0. The van der Waals surface area contributed by atoms with Crippen LogP contribution in [0.2, 0.25) is 18.1 Å². The molecular formula is C14H30O2Si. The average molecular weight is 258 g/mol. The summed E-state index contributed by atoms with van der Waals surface area (Å²) in [5.74, 6) is 0. The summed E-state index contributed by atoms with van der Waals surface area (Å²) < 4.78 is 6.41. The maximum atomic E-state index is 9.77. The molecule has 2 nitrogen and oxygen atoms in total. The Balaban J connectivity index is 4.53. The third-order valence-electron chi connectivity index (χ3n) is 3.79. The van der Waals surface area contributed by atoms with E-state index in [1.807, 2.05) is 13.0 Å². The fourth-order valence-corrected chi connectivity index (χ4v) is 5.10. The minimum Gasteiger partial charge on any atom is -0.414 e. The predicted molar refractivity (Wildman–Crippen MR) is 77.8 cm³/mol. The van der Waals surface area contributed by atoms with E-state index in [4.69, 9.17) is 4.43 Å². The quantitative estimate of drug-likeness (QED) is 0.472. The summed E-state index contributed by atoms with van der Waals surface area (Å²) in [5.41, 5.74) is 0. The highest BCUT2D eigenvalue weighted by molar-refractivity contribution is 6.73. The Morgan fingerprint density at radius 2 is 1.71 bits per heavy atom. The van der Waals surface area contributed by atoms with E-state index in [0.29, 0.717) is 0 Å². The van der Waals surface area contributed by atoms with Gasteiger partial charge in [-0.25, -0.2) is 0 Å². The summed E-state index contributed by atoms with van der Waals surface area (Å²) in [6.07, 6.45) is 4.23. The van der Waals surface area contributed by atoms with Crippen molar-refractivity contribution in [1.82, 2.24) is 0 Å². The van der Waals surface area contributed by atoms with Crippen molar-refractivity contribution in [3.05, 3.63) is 12.7 Å². The molecule has 0 fully saturated rings. The lowest BCUT2D eigenvalue weighted by atomic mass is 10.1. The van der Waals surface area contributed by atoms with Crippen molar-refractivity contribution >= 4 is 8.32 Å². The van der Waals surface area contributed by atoms with E-state index >= 15 is 0 Å². The minimum atomic E-state index is -1.56. The first-order chi connectivity index (χ1) is 8.07. The highest BCUT2D eigenvalue weighted by Gasteiger charge is 2.32. The van der Waals surface area contributed by atoms with Gasteiger partial charge >= 0.3 is 0 Å². The summed E-state index contributed by atoms with van der Waals surface area (Å²) in [6, 6.07) is 3.49. The van der Waals surface area contributed by atoms with Crippen molar-refractivity contribution < 1.29 is 9.53 Å². The molecule has 0 radical (unpaired) electrons. The summed E-state index contributed by atoms with van der Waals surface area (Å²) in [6.45, 7) is 12.5. The molecule has 0 saturated carbocycles. The van der Waals surface area contributed by atoms with Crippen LogP contribution in [-0.2, 0) is 4.43 Å². The van der Waals surface area contributed by atoms with Crippen LogP contribution in [0, 0.1) is 0 Å². The Hall–Kier alpha value is -0.123. The smallest absolute Gasteiger partial charge is 0.192 e.